The summed E-state index contributed by atoms with van der Waals surface area (Å²) in [4.78, 5) is 12.6. The fourth-order valence-corrected chi connectivity index (χ4v) is 1.24. The second kappa shape index (κ2) is 4.27. The van der Waals surface area contributed by atoms with Crippen LogP contribution in [0.25, 0.3) is 0 Å². The van der Waals surface area contributed by atoms with Crippen LogP contribution >= 0.6 is 0 Å². The Hall–Kier alpha value is -0.810. The maximum Gasteiger partial charge on any atom is 0.409 e. The van der Waals surface area contributed by atoms with E-state index >= 15 is 0 Å². The molecule has 0 aliphatic carbocycles. The van der Waals surface area contributed by atoms with Crippen LogP contribution in [0.4, 0.5) is 4.79 Å². The second-order valence-electron chi connectivity index (χ2n) is 2.75. The van der Waals surface area contributed by atoms with Gasteiger partial charge < -0.3 is 20.1 Å². The highest BCUT2D eigenvalue weighted by molar-refractivity contribution is 5.67. The van der Waals surface area contributed by atoms with Gasteiger partial charge in [0.2, 0.25) is 0 Å². The summed E-state index contributed by atoms with van der Waals surface area (Å²) in [6.45, 7) is 1.92. The molecule has 2 N–H and O–H groups in total. The Labute approximate surface area is 71.3 Å². The van der Waals surface area contributed by atoms with Gasteiger partial charge in [0.05, 0.1) is 13.7 Å². The number of amides is 1. The Balaban J connectivity index is 2.40. The molecule has 5 heteroatoms. The predicted molar refractivity (Wildman–Crippen MR) is 42.9 cm³/mol. The molecule has 0 saturated carbocycles. The van der Waals surface area contributed by atoms with Gasteiger partial charge in [-0.15, -0.1) is 0 Å². The van der Waals surface area contributed by atoms with Crippen LogP contribution in [0, 0.1) is 0 Å². The van der Waals surface area contributed by atoms with E-state index in [0.29, 0.717) is 19.6 Å². The number of aliphatic hydroxyl groups is 1. The van der Waals surface area contributed by atoms with Gasteiger partial charge in [-0.2, -0.15) is 0 Å². The zero-order chi connectivity index (χ0) is 8.97. The largest absolute Gasteiger partial charge is 0.453 e. The zero-order valence-corrected chi connectivity index (χ0v) is 7.12. The maximum atomic E-state index is 11.0. The van der Waals surface area contributed by atoms with Crippen molar-refractivity contribution in [3.63, 3.8) is 0 Å². The highest BCUT2D eigenvalue weighted by atomic mass is 16.5. The molecule has 70 valence electrons. The van der Waals surface area contributed by atoms with Gasteiger partial charge in [-0.25, -0.2) is 4.79 Å². The number of carbonyl (C=O) groups excluding carboxylic acids is 1. The first kappa shape index (κ1) is 9.28. The van der Waals surface area contributed by atoms with Crippen molar-refractivity contribution in [3.8, 4) is 0 Å². The van der Waals surface area contributed by atoms with E-state index in [1.807, 2.05) is 0 Å². The maximum absolute atomic E-state index is 11.0. The minimum atomic E-state index is -0.324. The van der Waals surface area contributed by atoms with Crippen LogP contribution in [-0.4, -0.2) is 55.5 Å². The summed E-state index contributed by atoms with van der Waals surface area (Å²) in [7, 11) is 1.36. The normalized spacial score (nSPS) is 23.8. The number of piperazine rings is 1. The minimum Gasteiger partial charge on any atom is -0.453 e. The molecule has 1 fully saturated rings. The van der Waals surface area contributed by atoms with Crippen LogP contribution in [0.5, 0.6) is 0 Å². The number of methoxy groups -OCH3 is 1. The van der Waals surface area contributed by atoms with Crippen molar-refractivity contribution in [2.45, 2.75) is 6.04 Å². The topological polar surface area (TPSA) is 61.8 Å². The third-order valence-corrected chi connectivity index (χ3v) is 1.91. The molecule has 0 bridgehead atoms. The number of nitrogens with one attached hydrogen (secondary N) is 1. The standard InChI is InChI=1S/C7H14N2O3/c1-12-7(11)9-3-2-8-6(4-9)5-10/h6,8,10H,2-5H2,1H3/t6-/m1/s1. The molecule has 1 heterocycles. The second-order valence-corrected chi connectivity index (χ2v) is 2.75. The molecular weight excluding hydrogens is 160 g/mol. The van der Waals surface area contributed by atoms with Crippen LogP contribution in [0.2, 0.25) is 0 Å². The van der Waals surface area contributed by atoms with Gasteiger partial charge in [-0.05, 0) is 0 Å². The number of rotatable bonds is 1. The van der Waals surface area contributed by atoms with Gasteiger partial charge in [0, 0.05) is 25.7 Å². The zero-order valence-electron chi connectivity index (χ0n) is 7.12. The van der Waals surface area contributed by atoms with Crippen LogP contribution in [-0.2, 0) is 4.74 Å². The van der Waals surface area contributed by atoms with E-state index in [2.05, 4.69) is 10.1 Å². The molecule has 0 unspecified atom stereocenters. The lowest BCUT2D eigenvalue weighted by Crippen LogP contribution is -2.53. The van der Waals surface area contributed by atoms with E-state index in [1.54, 1.807) is 4.90 Å². The van der Waals surface area contributed by atoms with Crippen LogP contribution in [0.1, 0.15) is 0 Å². The molecule has 1 saturated heterocycles. The van der Waals surface area contributed by atoms with Crippen molar-refractivity contribution in [2.75, 3.05) is 33.4 Å². The third-order valence-electron chi connectivity index (χ3n) is 1.91. The van der Waals surface area contributed by atoms with Crippen LogP contribution < -0.4 is 5.32 Å². The Morgan fingerprint density at radius 3 is 3.17 bits per heavy atom. The van der Waals surface area contributed by atoms with Gasteiger partial charge in [0.1, 0.15) is 0 Å². The average Bonchev–Trinajstić information content (AvgIpc) is 2.17. The van der Waals surface area contributed by atoms with Gasteiger partial charge >= 0.3 is 6.09 Å². The van der Waals surface area contributed by atoms with Gasteiger partial charge in [0.25, 0.3) is 0 Å². The number of hydrogen-bond donors (Lipinski definition) is 2. The van der Waals surface area contributed by atoms with Crippen molar-refractivity contribution >= 4 is 6.09 Å². The van der Waals surface area contributed by atoms with E-state index in [0.717, 1.165) is 0 Å². The van der Waals surface area contributed by atoms with Crippen molar-refractivity contribution in [1.29, 1.82) is 0 Å². The van der Waals surface area contributed by atoms with Crippen molar-refractivity contribution in [3.05, 3.63) is 0 Å². The summed E-state index contributed by atoms with van der Waals surface area (Å²) in [5, 5.41) is 11.9. The summed E-state index contributed by atoms with van der Waals surface area (Å²) in [5.74, 6) is 0. The summed E-state index contributed by atoms with van der Waals surface area (Å²) in [6, 6.07) is -0.0159. The fourth-order valence-electron chi connectivity index (χ4n) is 1.24. The van der Waals surface area contributed by atoms with Crippen LogP contribution in [0.3, 0.4) is 0 Å². The van der Waals surface area contributed by atoms with E-state index in [1.165, 1.54) is 7.11 Å². The van der Waals surface area contributed by atoms with Gasteiger partial charge in [-0.1, -0.05) is 0 Å². The molecule has 0 aromatic heterocycles. The van der Waals surface area contributed by atoms with Gasteiger partial charge in [0.15, 0.2) is 0 Å². The van der Waals surface area contributed by atoms with Gasteiger partial charge in [-0.3, -0.25) is 0 Å². The van der Waals surface area contributed by atoms with E-state index < -0.39 is 0 Å². The highest BCUT2D eigenvalue weighted by Gasteiger charge is 2.22. The van der Waals surface area contributed by atoms with E-state index in [4.69, 9.17) is 5.11 Å². The Morgan fingerprint density at radius 1 is 1.83 bits per heavy atom. The van der Waals surface area contributed by atoms with Crippen molar-refractivity contribution in [2.24, 2.45) is 0 Å². The monoisotopic (exact) mass is 174 g/mol. The first-order chi connectivity index (χ1) is 5.77. The third kappa shape index (κ3) is 2.09. The molecule has 1 amide bonds. The average molecular weight is 174 g/mol. The van der Waals surface area contributed by atoms with Crippen LogP contribution in [0.15, 0.2) is 0 Å². The summed E-state index contributed by atoms with van der Waals surface area (Å²) >= 11 is 0. The number of hydrogen-bond acceptors (Lipinski definition) is 4. The molecule has 1 atom stereocenters. The number of aliphatic hydroxyl groups excluding tert-OH is 1. The molecule has 0 aromatic carbocycles. The Bertz CT molecular complexity index is 163. The molecule has 0 spiro atoms. The number of carbonyl (C=O) groups is 1. The molecular formula is C7H14N2O3. The molecule has 12 heavy (non-hydrogen) atoms. The molecule has 1 aliphatic rings. The Morgan fingerprint density at radius 2 is 2.58 bits per heavy atom. The molecule has 5 nitrogen and oxygen atoms in total. The lowest BCUT2D eigenvalue weighted by molar-refractivity contribution is 0.0992. The fraction of sp³-hybridized carbons (Fsp3) is 0.857. The van der Waals surface area contributed by atoms with Crippen molar-refractivity contribution < 1.29 is 14.6 Å². The highest BCUT2D eigenvalue weighted by Crippen LogP contribution is 2.00. The predicted octanol–water partition coefficient (Wildman–Crippen LogP) is -0.981. The quantitative estimate of drug-likeness (QED) is 0.536. The number of nitrogens with zero attached hydrogens (tertiary/aromatic N) is 1. The number of ether oxygens (including phenoxy) is 1. The summed E-state index contributed by atoms with van der Waals surface area (Å²) < 4.78 is 4.56. The molecule has 0 aromatic rings. The lowest BCUT2D eigenvalue weighted by atomic mass is 10.2. The molecule has 1 aliphatic heterocycles. The molecule has 0 radical (unpaired) electrons. The first-order valence-corrected chi connectivity index (χ1v) is 3.95. The first-order valence-electron chi connectivity index (χ1n) is 3.95. The summed E-state index contributed by atoms with van der Waals surface area (Å²) in [6.07, 6.45) is -0.324. The van der Waals surface area contributed by atoms with E-state index in [9.17, 15) is 4.79 Å². The SMILES string of the molecule is COC(=O)N1CCN[C@@H](CO)C1. The molecule has 1 rings (SSSR count). The lowest BCUT2D eigenvalue weighted by Gasteiger charge is -2.31. The van der Waals surface area contributed by atoms with E-state index in [-0.39, 0.29) is 18.7 Å². The summed E-state index contributed by atoms with van der Waals surface area (Å²) in [5.41, 5.74) is 0. The Kier molecular flexibility index (Phi) is 3.31. The smallest absolute Gasteiger partial charge is 0.409 e. The minimum absolute atomic E-state index is 0.0159. The van der Waals surface area contributed by atoms with Crippen molar-refractivity contribution in [1.82, 2.24) is 10.2 Å².